The predicted octanol–water partition coefficient (Wildman–Crippen LogP) is 2.19. The number of amides is 1. The number of benzene rings is 1. The number of rotatable bonds is 6. The normalized spacial score (nSPS) is 26.4. The summed E-state index contributed by atoms with van der Waals surface area (Å²) in [6.45, 7) is 6.79. The van der Waals surface area contributed by atoms with Crippen molar-refractivity contribution in [2.24, 2.45) is 11.8 Å². The lowest BCUT2D eigenvalue weighted by Gasteiger charge is -2.49. The second-order valence-electron chi connectivity index (χ2n) is 8.26. The maximum atomic E-state index is 12.5. The van der Waals surface area contributed by atoms with Gasteiger partial charge in [-0.1, -0.05) is 5.21 Å². The number of carbonyl (C=O) groups excluding carboxylic acids is 1. The van der Waals surface area contributed by atoms with Crippen LogP contribution in [-0.4, -0.2) is 58.1 Å². The number of nitrogens with zero attached hydrogens (tertiary/aromatic N) is 4. The molecule has 0 spiro atoms. The zero-order chi connectivity index (χ0) is 19.7. The van der Waals surface area contributed by atoms with Gasteiger partial charge in [-0.3, -0.25) is 14.4 Å². The van der Waals surface area contributed by atoms with Crippen LogP contribution < -0.4 is 10.1 Å². The first-order valence-corrected chi connectivity index (χ1v) is 10.1. The molecule has 2 bridgehead atoms. The van der Waals surface area contributed by atoms with Crippen LogP contribution in [0.4, 0.5) is 0 Å². The highest BCUT2D eigenvalue weighted by molar-refractivity contribution is 5.79. The van der Waals surface area contributed by atoms with Crippen molar-refractivity contribution in [2.45, 2.75) is 45.3 Å². The molecule has 4 heterocycles. The van der Waals surface area contributed by atoms with Crippen molar-refractivity contribution >= 4 is 5.91 Å². The number of hydrogen-bond acceptors (Lipinski definition) is 5. The lowest BCUT2D eigenvalue weighted by Crippen LogP contribution is -2.58. The van der Waals surface area contributed by atoms with E-state index in [4.69, 9.17) is 4.74 Å². The fourth-order valence-corrected chi connectivity index (χ4v) is 4.51. The Labute approximate surface area is 166 Å². The van der Waals surface area contributed by atoms with Crippen molar-refractivity contribution in [3.63, 3.8) is 0 Å². The molecule has 1 amide bonds. The molecule has 0 radical (unpaired) electrons. The first-order chi connectivity index (χ1) is 13.5. The lowest BCUT2D eigenvalue weighted by molar-refractivity contribution is -0.133. The molecule has 1 aromatic heterocycles. The number of ether oxygens (including phenoxy) is 1. The van der Waals surface area contributed by atoms with E-state index in [0.29, 0.717) is 12.0 Å². The van der Waals surface area contributed by atoms with Gasteiger partial charge in [-0.15, -0.1) is 5.10 Å². The van der Waals surface area contributed by atoms with Gasteiger partial charge >= 0.3 is 0 Å². The summed E-state index contributed by atoms with van der Waals surface area (Å²) in [5.41, 5.74) is 1.90. The van der Waals surface area contributed by atoms with Crippen molar-refractivity contribution in [1.82, 2.24) is 25.2 Å². The van der Waals surface area contributed by atoms with E-state index in [1.807, 2.05) is 49.0 Å². The van der Waals surface area contributed by atoms with Crippen LogP contribution in [-0.2, 0) is 11.3 Å². The minimum atomic E-state index is 0.123. The molecule has 3 saturated heterocycles. The van der Waals surface area contributed by atoms with E-state index < -0.39 is 0 Å². The molecule has 4 atom stereocenters. The minimum absolute atomic E-state index is 0.123. The van der Waals surface area contributed by atoms with E-state index in [-0.39, 0.29) is 17.9 Å². The molecular weight excluding hydrogens is 354 g/mol. The van der Waals surface area contributed by atoms with E-state index in [1.54, 1.807) is 7.11 Å². The van der Waals surface area contributed by atoms with Gasteiger partial charge in [0, 0.05) is 24.2 Å². The number of piperidine rings is 3. The summed E-state index contributed by atoms with van der Waals surface area (Å²) >= 11 is 0. The fraction of sp³-hybridized carbons (Fsp3) is 0.571. The Morgan fingerprint density at radius 2 is 2.11 bits per heavy atom. The second-order valence-corrected chi connectivity index (χ2v) is 8.26. The van der Waals surface area contributed by atoms with E-state index in [2.05, 4.69) is 20.5 Å². The Bertz CT molecular complexity index is 816. The van der Waals surface area contributed by atoms with E-state index >= 15 is 0 Å². The summed E-state index contributed by atoms with van der Waals surface area (Å²) in [5, 5.41) is 11.8. The average Bonchev–Trinajstić information content (AvgIpc) is 3.16. The molecule has 1 aromatic carbocycles. The number of aromatic nitrogens is 3. The molecule has 28 heavy (non-hydrogen) atoms. The fourth-order valence-electron chi connectivity index (χ4n) is 4.51. The Morgan fingerprint density at radius 3 is 2.75 bits per heavy atom. The third-order valence-corrected chi connectivity index (χ3v) is 5.97. The third-order valence-electron chi connectivity index (χ3n) is 5.97. The van der Waals surface area contributed by atoms with Crippen LogP contribution in [0.25, 0.3) is 11.3 Å². The van der Waals surface area contributed by atoms with Crippen molar-refractivity contribution < 1.29 is 9.53 Å². The molecule has 7 nitrogen and oxygen atoms in total. The summed E-state index contributed by atoms with van der Waals surface area (Å²) in [5.74, 6) is 1.64. The first kappa shape index (κ1) is 18.9. The Hall–Kier alpha value is -2.41. The van der Waals surface area contributed by atoms with Crippen LogP contribution in [0.2, 0.25) is 0 Å². The first-order valence-electron chi connectivity index (χ1n) is 10.1. The van der Waals surface area contributed by atoms with Crippen molar-refractivity contribution in [2.75, 3.05) is 20.2 Å². The van der Waals surface area contributed by atoms with Crippen molar-refractivity contribution in [3.05, 3.63) is 30.5 Å². The van der Waals surface area contributed by atoms with E-state index in [1.165, 1.54) is 0 Å². The van der Waals surface area contributed by atoms with Gasteiger partial charge in [-0.2, -0.15) is 0 Å². The van der Waals surface area contributed by atoms with Gasteiger partial charge in [0.2, 0.25) is 5.91 Å². The topological polar surface area (TPSA) is 72.3 Å². The largest absolute Gasteiger partial charge is 0.497 e. The highest BCUT2D eigenvalue weighted by atomic mass is 16.5. The van der Waals surface area contributed by atoms with Gasteiger partial charge in [0.15, 0.2) is 0 Å². The standard InChI is InChI=1S/C21H29N5O2/c1-14(2)22-21(27)19-12-25-9-8-16(19)10-17(25)11-26-13-20(23-24-26)15-4-6-18(28-3)7-5-15/h4-7,13-14,16-17,19H,8-12H2,1-3H3,(H,22,27)/t16-,17-,19+/m1/s1. The van der Waals surface area contributed by atoms with Gasteiger partial charge in [0.1, 0.15) is 11.4 Å². The molecule has 5 rings (SSSR count). The summed E-state index contributed by atoms with van der Waals surface area (Å²) in [7, 11) is 1.66. The maximum Gasteiger partial charge on any atom is 0.224 e. The maximum absolute atomic E-state index is 12.5. The molecule has 3 fully saturated rings. The van der Waals surface area contributed by atoms with Crippen LogP contribution >= 0.6 is 0 Å². The zero-order valence-electron chi connectivity index (χ0n) is 16.8. The summed E-state index contributed by atoms with van der Waals surface area (Å²) in [6, 6.07) is 8.48. The average molecular weight is 383 g/mol. The molecule has 1 N–H and O–H groups in total. The Kier molecular flexibility index (Phi) is 5.35. The molecule has 7 heteroatoms. The summed E-state index contributed by atoms with van der Waals surface area (Å²) in [4.78, 5) is 15.0. The molecule has 0 aliphatic carbocycles. The lowest BCUT2D eigenvalue weighted by atomic mass is 9.75. The predicted molar refractivity (Wildman–Crippen MR) is 107 cm³/mol. The van der Waals surface area contributed by atoms with Gasteiger partial charge < -0.3 is 10.1 Å². The van der Waals surface area contributed by atoms with Gasteiger partial charge in [0.25, 0.3) is 0 Å². The Balaban J connectivity index is 1.39. The molecule has 0 saturated carbocycles. The van der Waals surface area contributed by atoms with Crippen molar-refractivity contribution in [3.8, 4) is 17.0 Å². The molecule has 3 aliphatic rings. The van der Waals surface area contributed by atoms with E-state index in [0.717, 1.165) is 49.5 Å². The molecule has 1 unspecified atom stereocenters. The quantitative estimate of drug-likeness (QED) is 0.828. The third kappa shape index (κ3) is 3.90. The van der Waals surface area contributed by atoms with Gasteiger partial charge in [-0.05, 0) is 63.4 Å². The summed E-state index contributed by atoms with van der Waals surface area (Å²) in [6.07, 6.45) is 4.17. The number of fused-ring (bicyclic) bond motifs is 3. The highest BCUT2D eigenvalue weighted by Gasteiger charge is 2.43. The Morgan fingerprint density at radius 1 is 1.32 bits per heavy atom. The molecule has 150 valence electrons. The number of carbonyl (C=O) groups is 1. The highest BCUT2D eigenvalue weighted by Crippen LogP contribution is 2.37. The van der Waals surface area contributed by atoms with Crippen LogP contribution in [0, 0.1) is 11.8 Å². The molecular formula is C21H29N5O2. The monoisotopic (exact) mass is 383 g/mol. The van der Waals surface area contributed by atoms with Gasteiger partial charge in [0.05, 0.1) is 25.8 Å². The minimum Gasteiger partial charge on any atom is -0.497 e. The van der Waals surface area contributed by atoms with Gasteiger partial charge in [-0.25, -0.2) is 0 Å². The van der Waals surface area contributed by atoms with E-state index in [9.17, 15) is 4.79 Å². The van der Waals surface area contributed by atoms with Crippen LogP contribution in [0.15, 0.2) is 30.5 Å². The molecule has 3 aliphatic heterocycles. The molecule has 2 aromatic rings. The SMILES string of the molecule is COc1ccc(-c2cn(C[C@H]3C[C@H]4CCN3C[C@@H]4C(=O)NC(C)C)nn2)cc1. The number of nitrogens with one attached hydrogen (secondary N) is 1. The smallest absolute Gasteiger partial charge is 0.224 e. The second kappa shape index (κ2) is 7.91. The summed E-state index contributed by atoms with van der Waals surface area (Å²) < 4.78 is 7.15. The van der Waals surface area contributed by atoms with Crippen LogP contribution in [0.5, 0.6) is 5.75 Å². The zero-order valence-corrected chi connectivity index (χ0v) is 16.8. The number of methoxy groups -OCH3 is 1. The van der Waals surface area contributed by atoms with Crippen LogP contribution in [0.3, 0.4) is 0 Å². The number of hydrogen-bond donors (Lipinski definition) is 1. The van der Waals surface area contributed by atoms with Crippen molar-refractivity contribution in [1.29, 1.82) is 0 Å². The van der Waals surface area contributed by atoms with Crippen LogP contribution in [0.1, 0.15) is 26.7 Å².